The summed E-state index contributed by atoms with van der Waals surface area (Å²) in [7, 11) is 0. The number of hydrogen-bond donors (Lipinski definition) is 0. The van der Waals surface area contributed by atoms with E-state index in [1.165, 1.54) is 6.07 Å². The van der Waals surface area contributed by atoms with Crippen molar-refractivity contribution < 1.29 is 13.9 Å². The lowest BCUT2D eigenvalue weighted by molar-refractivity contribution is -0.134. The Morgan fingerprint density at radius 1 is 1.30 bits per heavy atom. The molecule has 0 saturated carbocycles. The van der Waals surface area contributed by atoms with Gasteiger partial charge in [-0.05, 0) is 36.1 Å². The molecule has 0 bridgehead atoms. The number of carbonyl (C=O) groups excluding carboxylic acids is 1. The Morgan fingerprint density at radius 3 is 2.85 bits per heavy atom. The van der Waals surface area contributed by atoms with Gasteiger partial charge in [0.15, 0.2) is 11.6 Å². The van der Waals surface area contributed by atoms with E-state index in [9.17, 15) is 9.18 Å². The Bertz CT molecular complexity index is 584. The molecule has 0 N–H and O–H groups in total. The zero-order valence-corrected chi connectivity index (χ0v) is 11.3. The van der Waals surface area contributed by atoms with Crippen molar-refractivity contribution in [2.24, 2.45) is 0 Å². The molecule has 0 saturated heterocycles. The Hall–Kier alpha value is -2.23. The second-order valence-electron chi connectivity index (χ2n) is 4.42. The monoisotopic (exact) mass is 273 g/mol. The van der Waals surface area contributed by atoms with Gasteiger partial charge in [-0.2, -0.15) is 0 Å². The largest absolute Gasteiger partial charge is 0.423 e. The van der Waals surface area contributed by atoms with Crippen molar-refractivity contribution in [3.8, 4) is 5.75 Å². The van der Waals surface area contributed by atoms with E-state index >= 15 is 0 Å². The number of rotatable bonds is 5. The standard InChI is InChI=1S/C16H16FNO2/c1-2-13-6-3-7-14(17)16(13)20-15(19)9-8-12-5-4-10-18-11-12/h3-7,10-11H,2,8-9H2,1H3. The van der Waals surface area contributed by atoms with Crippen LogP contribution in [0.3, 0.4) is 0 Å². The average molecular weight is 273 g/mol. The second kappa shape index (κ2) is 6.80. The SMILES string of the molecule is CCc1cccc(F)c1OC(=O)CCc1cccnc1. The maximum Gasteiger partial charge on any atom is 0.311 e. The normalized spacial score (nSPS) is 10.3. The summed E-state index contributed by atoms with van der Waals surface area (Å²) in [5, 5.41) is 0. The van der Waals surface area contributed by atoms with E-state index < -0.39 is 11.8 Å². The molecule has 0 aliphatic carbocycles. The van der Waals surface area contributed by atoms with Gasteiger partial charge in [-0.15, -0.1) is 0 Å². The number of aromatic nitrogens is 1. The first-order valence-corrected chi connectivity index (χ1v) is 6.57. The van der Waals surface area contributed by atoms with Crippen molar-refractivity contribution in [1.29, 1.82) is 0 Å². The van der Waals surface area contributed by atoms with Gasteiger partial charge in [-0.3, -0.25) is 9.78 Å². The summed E-state index contributed by atoms with van der Waals surface area (Å²) < 4.78 is 18.8. The number of hydrogen-bond acceptors (Lipinski definition) is 3. The van der Waals surface area contributed by atoms with Crippen LogP contribution in [0.4, 0.5) is 4.39 Å². The van der Waals surface area contributed by atoms with Crippen LogP contribution in [0.15, 0.2) is 42.7 Å². The van der Waals surface area contributed by atoms with Crippen LogP contribution in [0.25, 0.3) is 0 Å². The van der Waals surface area contributed by atoms with Crippen LogP contribution in [-0.2, 0) is 17.6 Å². The molecule has 0 amide bonds. The molecule has 0 aliphatic rings. The molecule has 20 heavy (non-hydrogen) atoms. The average Bonchev–Trinajstić information content (AvgIpc) is 2.48. The minimum absolute atomic E-state index is 0.0474. The summed E-state index contributed by atoms with van der Waals surface area (Å²) in [5.41, 5.74) is 1.65. The minimum atomic E-state index is -0.501. The number of para-hydroxylation sites is 1. The van der Waals surface area contributed by atoms with E-state index in [4.69, 9.17) is 4.74 Å². The van der Waals surface area contributed by atoms with Gasteiger partial charge in [-0.1, -0.05) is 25.1 Å². The number of benzene rings is 1. The van der Waals surface area contributed by atoms with Gasteiger partial charge in [-0.25, -0.2) is 4.39 Å². The van der Waals surface area contributed by atoms with E-state index in [0.29, 0.717) is 18.4 Å². The lowest BCUT2D eigenvalue weighted by atomic mass is 10.1. The Balaban J connectivity index is 1.98. The highest BCUT2D eigenvalue weighted by atomic mass is 19.1. The van der Waals surface area contributed by atoms with Crippen LogP contribution in [0.2, 0.25) is 0 Å². The number of aryl methyl sites for hydroxylation is 2. The fraction of sp³-hybridized carbons (Fsp3) is 0.250. The highest BCUT2D eigenvalue weighted by Crippen LogP contribution is 2.23. The maximum atomic E-state index is 13.7. The number of nitrogens with zero attached hydrogens (tertiary/aromatic N) is 1. The lowest BCUT2D eigenvalue weighted by Gasteiger charge is -2.09. The van der Waals surface area contributed by atoms with Crippen LogP contribution < -0.4 is 4.74 Å². The molecule has 0 atom stereocenters. The van der Waals surface area contributed by atoms with Crippen molar-refractivity contribution in [2.75, 3.05) is 0 Å². The fourth-order valence-corrected chi connectivity index (χ4v) is 1.90. The van der Waals surface area contributed by atoms with E-state index in [2.05, 4.69) is 4.98 Å². The molecule has 3 nitrogen and oxygen atoms in total. The second-order valence-corrected chi connectivity index (χ2v) is 4.42. The molecule has 104 valence electrons. The first-order valence-electron chi connectivity index (χ1n) is 6.57. The molecule has 2 aromatic rings. The first kappa shape index (κ1) is 14.2. The number of pyridine rings is 1. The Morgan fingerprint density at radius 2 is 2.15 bits per heavy atom. The van der Waals surface area contributed by atoms with Crippen LogP contribution in [0.1, 0.15) is 24.5 Å². The summed E-state index contributed by atoms with van der Waals surface area (Å²) >= 11 is 0. The predicted octanol–water partition coefficient (Wildman–Crippen LogP) is 3.32. The number of ether oxygens (including phenoxy) is 1. The van der Waals surface area contributed by atoms with E-state index in [0.717, 1.165) is 5.56 Å². The smallest absolute Gasteiger partial charge is 0.311 e. The van der Waals surface area contributed by atoms with Crippen LogP contribution in [0.5, 0.6) is 5.75 Å². The Labute approximate surface area is 117 Å². The van der Waals surface area contributed by atoms with Gasteiger partial charge >= 0.3 is 5.97 Å². The van der Waals surface area contributed by atoms with Gasteiger partial charge in [0, 0.05) is 12.4 Å². The molecular weight excluding hydrogens is 257 g/mol. The van der Waals surface area contributed by atoms with Crippen LogP contribution in [0, 0.1) is 5.82 Å². The summed E-state index contributed by atoms with van der Waals surface area (Å²) in [6.45, 7) is 1.89. The van der Waals surface area contributed by atoms with E-state index in [1.807, 2.05) is 19.1 Å². The van der Waals surface area contributed by atoms with Gasteiger partial charge in [0.05, 0.1) is 6.42 Å². The van der Waals surface area contributed by atoms with Crippen LogP contribution in [-0.4, -0.2) is 11.0 Å². The van der Waals surface area contributed by atoms with Crippen molar-refractivity contribution in [1.82, 2.24) is 4.98 Å². The highest BCUT2D eigenvalue weighted by molar-refractivity contribution is 5.73. The predicted molar refractivity (Wildman–Crippen MR) is 74.0 cm³/mol. The molecule has 0 spiro atoms. The van der Waals surface area contributed by atoms with Crippen molar-refractivity contribution in [3.63, 3.8) is 0 Å². The van der Waals surface area contributed by atoms with E-state index in [-0.39, 0.29) is 12.2 Å². The van der Waals surface area contributed by atoms with Gasteiger partial charge in [0.2, 0.25) is 0 Å². The molecule has 0 aliphatic heterocycles. The molecule has 1 aromatic carbocycles. The molecule has 1 aromatic heterocycles. The topological polar surface area (TPSA) is 39.2 Å². The summed E-state index contributed by atoms with van der Waals surface area (Å²) in [4.78, 5) is 15.8. The van der Waals surface area contributed by atoms with E-state index in [1.54, 1.807) is 24.5 Å². The molecular formula is C16H16FNO2. The summed E-state index contributed by atoms with van der Waals surface area (Å²) in [6, 6.07) is 8.37. The molecule has 2 rings (SSSR count). The number of halogens is 1. The van der Waals surface area contributed by atoms with Crippen molar-refractivity contribution in [3.05, 3.63) is 59.7 Å². The highest BCUT2D eigenvalue weighted by Gasteiger charge is 2.13. The van der Waals surface area contributed by atoms with Gasteiger partial charge in [0.1, 0.15) is 0 Å². The summed E-state index contributed by atoms with van der Waals surface area (Å²) in [5.74, 6) is -0.890. The molecule has 1 heterocycles. The fourth-order valence-electron chi connectivity index (χ4n) is 1.90. The van der Waals surface area contributed by atoms with Gasteiger partial charge in [0.25, 0.3) is 0 Å². The zero-order valence-electron chi connectivity index (χ0n) is 11.3. The number of carbonyl (C=O) groups is 1. The lowest BCUT2D eigenvalue weighted by Crippen LogP contribution is -2.11. The molecule has 0 fully saturated rings. The van der Waals surface area contributed by atoms with Gasteiger partial charge < -0.3 is 4.74 Å². The zero-order chi connectivity index (χ0) is 14.4. The maximum absolute atomic E-state index is 13.7. The van der Waals surface area contributed by atoms with Crippen molar-refractivity contribution in [2.45, 2.75) is 26.2 Å². The van der Waals surface area contributed by atoms with Crippen LogP contribution >= 0.6 is 0 Å². The number of esters is 1. The molecule has 4 heteroatoms. The minimum Gasteiger partial charge on any atom is -0.423 e. The first-order chi connectivity index (χ1) is 9.70. The molecule has 0 unspecified atom stereocenters. The molecule has 0 radical (unpaired) electrons. The quantitative estimate of drug-likeness (QED) is 0.619. The summed E-state index contributed by atoms with van der Waals surface area (Å²) in [6.07, 6.45) is 4.72. The van der Waals surface area contributed by atoms with Crippen molar-refractivity contribution >= 4 is 5.97 Å². The third kappa shape index (κ3) is 3.63. The Kier molecular flexibility index (Phi) is 4.82. The third-order valence-electron chi connectivity index (χ3n) is 2.99. The third-order valence-corrected chi connectivity index (χ3v) is 2.99.